The Balaban J connectivity index is 0.000000639. The Morgan fingerprint density at radius 2 is 1.31 bits per heavy atom. The van der Waals surface area contributed by atoms with Gasteiger partial charge in [-0.3, -0.25) is 0 Å². The molecule has 0 saturated carbocycles. The van der Waals surface area contributed by atoms with Crippen molar-refractivity contribution in [1.82, 2.24) is 0 Å². The first-order valence-corrected chi connectivity index (χ1v) is 22.4. The molecule has 49 heavy (non-hydrogen) atoms. The molecule has 1 aliphatic rings. The van der Waals surface area contributed by atoms with Gasteiger partial charge in [-0.15, -0.1) is 0 Å². The molecule has 0 N–H and O–H groups in total. The number of aromatic nitrogens is 1. The SMILES string of the molecule is CCCCCCCCCCCCCCCCCCC1COC(COCCCCCCCC[n+]2ccsc2)C1.Cc1ccc(S(=O)(=O)[O-])cc1. The predicted molar refractivity (Wildman–Crippen MR) is 204 cm³/mol. The number of nitrogens with zero attached hydrogens (tertiary/aromatic N) is 1. The molecule has 2 aromatic rings. The number of unbranched alkanes of at least 4 members (excludes halogenated alkanes) is 20. The molecule has 1 fully saturated rings. The summed E-state index contributed by atoms with van der Waals surface area (Å²) in [4.78, 5) is -0.178. The molecule has 0 radical (unpaired) electrons. The van der Waals surface area contributed by atoms with Crippen LogP contribution in [0.4, 0.5) is 0 Å². The van der Waals surface area contributed by atoms with E-state index >= 15 is 0 Å². The van der Waals surface area contributed by atoms with Crippen LogP contribution in [-0.4, -0.2) is 38.9 Å². The number of aryl methyl sites for hydroxylation is 2. The van der Waals surface area contributed by atoms with Gasteiger partial charge in [0.2, 0.25) is 5.51 Å². The second-order valence-electron chi connectivity index (χ2n) is 14.4. The molecule has 1 aromatic heterocycles. The van der Waals surface area contributed by atoms with Crippen molar-refractivity contribution in [3.05, 3.63) is 46.9 Å². The summed E-state index contributed by atoms with van der Waals surface area (Å²) in [5, 5.41) is 2.15. The van der Waals surface area contributed by atoms with Crippen LogP contribution in [0.2, 0.25) is 0 Å². The van der Waals surface area contributed by atoms with Gasteiger partial charge < -0.3 is 14.0 Å². The second-order valence-corrected chi connectivity index (χ2v) is 16.5. The Morgan fingerprint density at radius 1 is 0.776 bits per heavy atom. The van der Waals surface area contributed by atoms with Crippen LogP contribution in [0.25, 0.3) is 0 Å². The highest BCUT2D eigenvalue weighted by atomic mass is 32.2. The fourth-order valence-electron chi connectivity index (χ4n) is 6.59. The van der Waals surface area contributed by atoms with Gasteiger partial charge in [0.15, 0.2) is 6.20 Å². The van der Waals surface area contributed by atoms with Crippen molar-refractivity contribution in [3.8, 4) is 0 Å². The van der Waals surface area contributed by atoms with E-state index in [1.807, 2.05) is 6.92 Å². The molecule has 3 rings (SSSR count). The number of thiazole rings is 1. The third kappa shape index (κ3) is 24.5. The molecule has 6 nitrogen and oxygen atoms in total. The molecule has 0 spiro atoms. The van der Waals surface area contributed by atoms with E-state index < -0.39 is 10.1 Å². The van der Waals surface area contributed by atoms with Crippen molar-refractivity contribution in [2.75, 3.05) is 19.8 Å². The van der Waals surface area contributed by atoms with Crippen LogP contribution in [0.15, 0.2) is 46.2 Å². The molecule has 282 valence electrons. The lowest BCUT2D eigenvalue weighted by atomic mass is 9.97. The van der Waals surface area contributed by atoms with Gasteiger partial charge in [0, 0.05) is 19.6 Å². The summed E-state index contributed by atoms with van der Waals surface area (Å²) < 4.78 is 45.4. The van der Waals surface area contributed by atoms with E-state index in [1.54, 1.807) is 23.5 Å². The van der Waals surface area contributed by atoms with Crippen LogP contribution in [0, 0.1) is 12.8 Å². The molecular formula is C41H71NO5S2. The summed E-state index contributed by atoms with van der Waals surface area (Å²) in [5.74, 6) is 0.780. The summed E-state index contributed by atoms with van der Waals surface area (Å²) in [6.45, 7) is 7.99. The number of rotatable bonds is 29. The number of hydrogen-bond donors (Lipinski definition) is 0. The van der Waals surface area contributed by atoms with Gasteiger partial charge >= 0.3 is 0 Å². The molecule has 1 saturated heterocycles. The first kappa shape index (κ1) is 43.8. The number of hydrogen-bond acceptors (Lipinski definition) is 6. The standard InChI is InChI=1S/C34H64NO2S.C7H8O3S/c1-2-3-4-5-6-7-8-9-10-11-12-13-14-15-18-21-24-33-29-34(37-30-33)31-36-27-23-20-17-16-19-22-25-35-26-28-38-32-35;1-6-2-4-7(5-3-6)11(8,9)10/h26,28,32-34H,2-25,27,29-31H2,1H3;2-5H,1H3,(H,8,9,10)/q+1;/p-1. The lowest BCUT2D eigenvalue weighted by Crippen LogP contribution is -2.29. The van der Waals surface area contributed by atoms with E-state index in [0.29, 0.717) is 6.10 Å². The third-order valence-corrected chi connectivity index (χ3v) is 11.2. The van der Waals surface area contributed by atoms with Crippen LogP contribution in [0.5, 0.6) is 0 Å². The first-order valence-electron chi connectivity index (χ1n) is 20.0. The average Bonchev–Trinajstić information content (AvgIpc) is 3.78. The monoisotopic (exact) mass is 721 g/mol. The van der Waals surface area contributed by atoms with E-state index in [2.05, 4.69) is 28.6 Å². The fraction of sp³-hybridized carbons (Fsp3) is 0.780. The molecule has 8 heteroatoms. The fourth-order valence-corrected chi connectivity index (χ4v) is 7.69. The van der Waals surface area contributed by atoms with Gasteiger partial charge in [-0.2, -0.15) is 4.57 Å². The Kier molecular flexibility index (Phi) is 26.2. The van der Waals surface area contributed by atoms with E-state index in [1.165, 1.54) is 173 Å². The maximum atomic E-state index is 10.4. The van der Waals surface area contributed by atoms with Crippen LogP contribution < -0.4 is 4.57 Å². The summed E-state index contributed by atoms with van der Waals surface area (Å²) in [7, 11) is -4.27. The van der Waals surface area contributed by atoms with Gasteiger partial charge in [-0.25, -0.2) is 8.42 Å². The molecule has 1 aromatic carbocycles. The molecule has 0 amide bonds. The van der Waals surface area contributed by atoms with E-state index in [9.17, 15) is 13.0 Å². The van der Waals surface area contributed by atoms with Gasteiger partial charge in [0.25, 0.3) is 0 Å². The van der Waals surface area contributed by atoms with Crippen LogP contribution in [-0.2, 0) is 26.1 Å². The number of benzene rings is 1. The molecule has 1 aliphatic heterocycles. The molecule has 0 aliphatic carbocycles. The Hall–Kier alpha value is -1.32. The highest BCUT2D eigenvalue weighted by molar-refractivity contribution is 7.85. The zero-order valence-electron chi connectivity index (χ0n) is 31.3. The van der Waals surface area contributed by atoms with Crippen LogP contribution in [0.3, 0.4) is 0 Å². The smallest absolute Gasteiger partial charge is 0.224 e. The largest absolute Gasteiger partial charge is 0.744 e. The quantitative estimate of drug-likeness (QED) is 0.0475. The van der Waals surface area contributed by atoms with Crippen molar-refractivity contribution in [1.29, 1.82) is 0 Å². The second kappa shape index (κ2) is 29.3. The van der Waals surface area contributed by atoms with E-state index in [0.717, 1.165) is 31.3 Å². The summed E-state index contributed by atoms with van der Waals surface area (Å²) in [6, 6.07) is 5.78. The zero-order valence-corrected chi connectivity index (χ0v) is 32.9. The minimum Gasteiger partial charge on any atom is -0.744 e. The van der Waals surface area contributed by atoms with Crippen molar-refractivity contribution in [2.24, 2.45) is 5.92 Å². The van der Waals surface area contributed by atoms with Gasteiger partial charge in [-0.1, -0.05) is 158 Å². The highest BCUT2D eigenvalue weighted by Crippen LogP contribution is 2.25. The van der Waals surface area contributed by atoms with Crippen molar-refractivity contribution in [3.63, 3.8) is 0 Å². The molecule has 2 unspecified atom stereocenters. The van der Waals surface area contributed by atoms with Gasteiger partial charge in [0.05, 0.1) is 23.0 Å². The summed E-state index contributed by atoms with van der Waals surface area (Å²) >= 11 is 1.78. The molecule has 0 bridgehead atoms. The topological polar surface area (TPSA) is 79.5 Å². The minimum absolute atomic E-state index is 0.178. The molecular weight excluding hydrogens is 651 g/mol. The van der Waals surface area contributed by atoms with E-state index in [4.69, 9.17) is 9.47 Å². The minimum atomic E-state index is -4.27. The molecule has 2 heterocycles. The maximum Gasteiger partial charge on any atom is 0.224 e. The van der Waals surface area contributed by atoms with Crippen molar-refractivity contribution in [2.45, 2.75) is 185 Å². The Bertz CT molecular complexity index is 1110. The number of ether oxygens (including phenoxy) is 2. The van der Waals surface area contributed by atoms with Gasteiger partial charge in [0.1, 0.15) is 16.7 Å². The predicted octanol–water partition coefficient (Wildman–Crippen LogP) is 11.3. The Labute approximate surface area is 305 Å². The average molecular weight is 722 g/mol. The normalized spacial score (nSPS) is 16.1. The van der Waals surface area contributed by atoms with Gasteiger partial charge in [-0.05, 0) is 50.7 Å². The van der Waals surface area contributed by atoms with Crippen molar-refractivity contribution >= 4 is 21.5 Å². The van der Waals surface area contributed by atoms with Crippen molar-refractivity contribution < 1.29 is 27.0 Å². The summed E-state index contributed by atoms with van der Waals surface area (Å²) in [5.41, 5.74) is 3.13. The van der Waals surface area contributed by atoms with Crippen LogP contribution in [0.1, 0.15) is 167 Å². The van der Waals surface area contributed by atoms with E-state index in [-0.39, 0.29) is 4.90 Å². The zero-order chi connectivity index (χ0) is 35.3. The maximum absolute atomic E-state index is 10.4. The molecule has 2 atom stereocenters. The Morgan fingerprint density at radius 3 is 1.84 bits per heavy atom. The first-order chi connectivity index (χ1) is 23.9. The summed E-state index contributed by atoms with van der Waals surface area (Å²) in [6.07, 6.45) is 36.1. The third-order valence-electron chi connectivity index (χ3n) is 9.73. The lowest BCUT2D eigenvalue weighted by Gasteiger charge is -2.10. The lowest BCUT2D eigenvalue weighted by molar-refractivity contribution is -0.692. The highest BCUT2D eigenvalue weighted by Gasteiger charge is 2.25. The van der Waals surface area contributed by atoms with Crippen LogP contribution >= 0.6 is 11.3 Å².